The lowest BCUT2D eigenvalue weighted by Gasteiger charge is -2.07. The molecule has 0 radical (unpaired) electrons. The predicted molar refractivity (Wildman–Crippen MR) is 87.6 cm³/mol. The van der Waals surface area contributed by atoms with E-state index in [1.54, 1.807) is 6.07 Å². The molecule has 0 atom stereocenters. The molecule has 0 saturated heterocycles. The first-order chi connectivity index (χ1) is 10.9. The highest BCUT2D eigenvalue weighted by atomic mass is 35.5. The lowest BCUT2D eigenvalue weighted by molar-refractivity contribution is -0.139. The van der Waals surface area contributed by atoms with Crippen LogP contribution in [0.2, 0.25) is 5.02 Å². The number of hydrogen-bond donors (Lipinski definition) is 3. The lowest BCUT2D eigenvalue weighted by atomic mass is 10.2. The van der Waals surface area contributed by atoms with Gasteiger partial charge in [-0.3, -0.25) is 9.59 Å². The van der Waals surface area contributed by atoms with Gasteiger partial charge in [-0.2, -0.15) is 5.10 Å². The minimum atomic E-state index is -0.865. The summed E-state index contributed by atoms with van der Waals surface area (Å²) in [6.45, 7) is 4.70. The molecule has 1 rings (SSSR count). The van der Waals surface area contributed by atoms with E-state index < -0.39 is 11.8 Å². The summed E-state index contributed by atoms with van der Waals surface area (Å²) in [5.74, 6) is -1.68. The molecule has 126 valence electrons. The van der Waals surface area contributed by atoms with Crippen LogP contribution in [-0.4, -0.2) is 42.4 Å². The van der Waals surface area contributed by atoms with Crippen molar-refractivity contribution >= 4 is 29.6 Å². The van der Waals surface area contributed by atoms with Gasteiger partial charge in [0, 0.05) is 13.2 Å². The van der Waals surface area contributed by atoms with Gasteiger partial charge in [-0.15, -0.1) is 0 Å². The highest BCUT2D eigenvalue weighted by Gasteiger charge is 2.11. The number of carbonyl (C=O) groups excluding carboxylic acids is 2. The van der Waals surface area contributed by atoms with E-state index in [4.69, 9.17) is 16.3 Å². The third-order valence-electron chi connectivity index (χ3n) is 2.62. The summed E-state index contributed by atoms with van der Waals surface area (Å²) in [7, 11) is 0. The van der Waals surface area contributed by atoms with Crippen molar-refractivity contribution in [3.05, 3.63) is 28.8 Å². The number of ether oxygens (including phenoxy) is 1. The largest absolute Gasteiger partial charge is 0.506 e. The zero-order chi connectivity index (χ0) is 17.2. The van der Waals surface area contributed by atoms with Crippen molar-refractivity contribution < 1.29 is 19.4 Å². The molecule has 1 aromatic rings. The zero-order valence-electron chi connectivity index (χ0n) is 13.0. The summed E-state index contributed by atoms with van der Waals surface area (Å²) in [5, 5.41) is 15.6. The van der Waals surface area contributed by atoms with E-state index >= 15 is 0 Å². The Kier molecular flexibility index (Phi) is 8.07. The molecule has 0 aromatic heterocycles. The summed E-state index contributed by atoms with van der Waals surface area (Å²) in [4.78, 5) is 23.0. The molecule has 0 fully saturated rings. The summed E-state index contributed by atoms with van der Waals surface area (Å²) >= 11 is 5.73. The van der Waals surface area contributed by atoms with E-state index in [0.29, 0.717) is 25.1 Å². The predicted octanol–water partition coefficient (Wildman–Crippen LogP) is 1.43. The summed E-state index contributed by atoms with van der Waals surface area (Å²) < 4.78 is 5.31. The van der Waals surface area contributed by atoms with E-state index in [0.717, 1.165) is 0 Å². The fraction of sp³-hybridized carbons (Fsp3) is 0.400. The van der Waals surface area contributed by atoms with Crippen LogP contribution in [0.25, 0.3) is 0 Å². The molecule has 0 spiro atoms. The highest BCUT2D eigenvalue weighted by molar-refractivity contribution is 6.35. The van der Waals surface area contributed by atoms with E-state index in [2.05, 4.69) is 15.8 Å². The minimum absolute atomic E-state index is 0.0475. The van der Waals surface area contributed by atoms with Crippen molar-refractivity contribution in [3.63, 3.8) is 0 Å². The van der Waals surface area contributed by atoms with Crippen LogP contribution >= 0.6 is 11.6 Å². The van der Waals surface area contributed by atoms with Crippen molar-refractivity contribution in [1.82, 2.24) is 10.7 Å². The number of phenolic OH excluding ortho intramolecular Hbond substituents is 1. The zero-order valence-corrected chi connectivity index (χ0v) is 13.8. The molecular formula is C15H20ClN3O4. The van der Waals surface area contributed by atoms with E-state index in [-0.39, 0.29) is 16.9 Å². The molecule has 0 heterocycles. The molecule has 23 heavy (non-hydrogen) atoms. The molecule has 0 aliphatic rings. The van der Waals surface area contributed by atoms with Gasteiger partial charge in [-0.25, -0.2) is 5.43 Å². The molecule has 0 aliphatic carbocycles. The van der Waals surface area contributed by atoms with Crippen LogP contribution in [0.5, 0.6) is 5.75 Å². The van der Waals surface area contributed by atoms with E-state index in [9.17, 15) is 14.7 Å². The van der Waals surface area contributed by atoms with Gasteiger partial charge in [-0.05, 0) is 44.0 Å². The van der Waals surface area contributed by atoms with Gasteiger partial charge in [0.25, 0.3) is 0 Å². The SMILES string of the molecule is CC(C)OCCCNC(=O)C(=O)N/N=C\c1ccc(O)c(Cl)c1. The number of aromatic hydroxyl groups is 1. The van der Waals surface area contributed by atoms with Crippen molar-refractivity contribution in [2.24, 2.45) is 5.10 Å². The van der Waals surface area contributed by atoms with Gasteiger partial charge >= 0.3 is 11.8 Å². The molecule has 2 amide bonds. The fourth-order valence-corrected chi connectivity index (χ4v) is 1.68. The second kappa shape index (κ2) is 9.81. The monoisotopic (exact) mass is 341 g/mol. The van der Waals surface area contributed by atoms with Gasteiger partial charge in [0.2, 0.25) is 0 Å². The van der Waals surface area contributed by atoms with Crippen LogP contribution in [0.3, 0.4) is 0 Å². The Morgan fingerprint density at radius 1 is 1.39 bits per heavy atom. The summed E-state index contributed by atoms with van der Waals surface area (Å²) in [6.07, 6.45) is 2.07. The topological polar surface area (TPSA) is 100 Å². The Morgan fingerprint density at radius 3 is 2.78 bits per heavy atom. The Bertz CT molecular complexity index is 576. The highest BCUT2D eigenvalue weighted by Crippen LogP contribution is 2.22. The molecule has 0 saturated carbocycles. The van der Waals surface area contributed by atoms with E-state index in [1.165, 1.54) is 18.3 Å². The number of phenols is 1. The van der Waals surface area contributed by atoms with Crippen LogP contribution in [0, 0.1) is 0 Å². The van der Waals surface area contributed by atoms with Crippen molar-refractivity contribution in [2.45, 2.75) is 26.4 Å². The van der Waals surface area contributed by atoms with Gasteiger partial charge in [0.05, 0.1) is 17.3 Å². The maximum Gasteiger partial charge on any atom is 0.329 e. The standard InChI is InChI=1S/C15H20ClN3O4/c1-10(2)23-7-3-6-17-14(21)15(22)19-18-9-11-4-5-13(20)12(16)8-11/h4-5,8-10,20H,3,6-7H2,1-2H3,(H,17,21)(H,19,22)/b18-9-. The first-order valence-corrected chi connectivity index (χ1v) is 7.49. The quantitative estimate of drug-likeness (QED) is 0.302. The number of carbonyl (C=O) groups is 2. The Balaban J connectivity index is 2.30. The van der Waals surface area contributed by atoms with Crippen LogP contribution in [0.4, 0.5) is 0 Å². The normalized spacial score (nSPS) is 11.0. The maximum absolute atomic E-state index is 11.5. The Hall–Kier alpha value is -2.12. The summed E-state index contributed by atoms with van der Waals surface area (Å²) in [5.41, 5.74) is 2.67. The van der Waals surface area contributed by atoms with Crippen molar-refractivity contribution in [2.75, 3.05) is 13.2 Å². The molecule has 1 aromatic carbocycles. The third-order valence-corrected chi connectivity index (χ3v) is 2.92. The second-order valence-electron chi connectivity index (χ2n) is 4.94. The molecular weight excluding hydrogens is 322 g/mol. The second-order valence-corrected chi connectivity index (χ2v) is 5.35. The minimum Gasteiger partial charge on any atom is -0.506 e. The molecule has 7 nitrogen and oxygen atoms in total. The van der Waals surface area contributed by atoms with Crippen LogP contribution in [0.15, 0.2) is 23.3 Å². The first-order valence-electron chi connectivity index (χ1n) is 7.11. The number of benzene rings is 1. The van der Waals surface area contributed by atoms with Crippen molar-refractivity contribution in [1.29, 1.82) is 0 Å². The van der Waals surface area contributed by atoms with Gasteiger partial charge < -0.3 is 15.2 Å². The molecule has 0 bridgehead atoms. The van der Waals surface area contributed by atoms with Crippen molar-refractivity contribution in [3.8, 4) is 5.75 Å². The number of amides is 2. The van der Waals surface area contributed by atoms with Crippen LogP contribution in [0.1, 0.15) is 25.8 Å². The van der Waals surface area contributed by atoms with Crippen LogP contribution in [-0.2, 0) is 14.3 Å². The van der Waals surface area contributed by atoms with Gasteiger partial charge in [0.15, 0.2) is 0 Å². The maximum atomic E-state index is 11.5. The number of hydrogen-bond acceptors (Lipinski definition) is 5. The number of nitrogens with one attached hydrogen (secondary N) is 2. The average Bonchev–Trinajstić information content (AvgIpc) is 2.49. The number of halogens is 1. The fourth-order valence-electron chi connectivity index (χ4n) is 1.49. The third kappa shape index (κ3) is 7.62. The molecule has 3 N–H and O–H groups in total. The Labute approximate surface area is 139 Å². The molecule has 0 unspecified atom stereocenters. The number of hydrazone groups is 1. The lowest BCUT2D eigenvalue weighted by Crippen LogP contribution is -2.38. The summed E-state index contributed by atoms with van der Waals surface area (Å²) in [6, 6.07) is 4.43. The van der Waals surface area contributed by atoms with Gasteiger partial charge in [0.1, 0.15) is 5.75 Å². The Morgan fingerprint density at radius 2 is 2.13 bits per heavy atom. The van der Waals surface area contributed by atoms with Gasteiger partial charge in [-0.1, -0.05) is 11.6 Å². The van der Waals surface area contributed by atoms with E-state index in [1.807, 2.05) is 13.8 Å². The number of nitrogens with zero attached hydrogens (tertiary/aromatic N) is 1. The average molecular weight is 342 g/mol. The molecule has 8 heteroatoms. The smallest absolute Gasteiger partial charge is 0.329 e. The first kappa shape index (κ1) is 18.9. The number of rotatable bonds is 7. The van der Waals surface area contributed by atoms with Crippen LogP contribution < -0.4 is 10.7 Å². The molecule has 0 aliphatic heterocycles.